The maximum Gasteiger partial charge on any atom is 0.225 e. The summed E-state index contributed by atoms with van der Waals surface area (Å²) < 4.78 is 0. The van der Waals surface area contributed by atoms with Crippen LogP contribution in [0.1, 0.15) is 49.4 Å². The van der Waals surface area contributed by atoms with Gasteiger partial charge in [0.25, 0.3) is 0 Å². The molecular weight excluding hydrogens is 260 g/mol. The van der Waals surface area contributed by atoms with Crippen LogP contribution in [0.3, 0.4) is 0 Å². The lowest BCUT2D eigenvalue weighted by Gasteiger charge is -2.22. The molecular formula is C18H26N2O. The Bertz CT molecular complexity index is 526. The maximum atomic E-state index is 12.4. The molecule has 0 spiro atoms. The zero-order valence-electron chi connectivity index (χ0n) is 13.1. The van der Waals surface area contributed by atoms with Gasteiger partial charge in [-0.25, -0.2) is 0 Å². The molecule has 1 unspecified atom stereocenters. The van der Waals surface area contributed by atoms with Gasteiger partial charge < -0.3 is 10.6 Å². The molecule has 0 aromatic heterocycles. The molecule has 0 saturated carbocycles. The van der Waals surface area contributed by atoms with Crippen molar-refractivity contribution in [1.82, 2.24) is 10.6 Å². The third-order valence-corrected chi connectivity index (χ3v) is 5.09. The van der Waals surface area contributed by atoms with E-state index in [-0.39, 0.29) is 17.9 Å². The fraction of sp³-hybridized carbons (Fsp3) is 0.611. The molecule has 3 nitrogen and oxygen atoms in total. The Kier molecular flexibility index (Phi) is 4.29. The second kappa shape index (κ2) is 6.18. The number of amides is 1. The summed E-state index contributed by atoms with van der Waals surface area (Å²) in [7, 11) is 0. The summed E-state index contributed by atoms with van der Waals surface area (Å²) in [6.45, 7) is 6.00. The Morgan fingerprint density at radius 3 is 2.71 bits per heavy atom. The van der Waals surface area contributed by atoms with Crippen molar-refractivity contribution in [2.24, 2.45) is 11.8 Å². The molecule has 3 rings (SSSR count). The highest BCUT2D eigenvalue weighted by Crippen LogP contribution is 2.25. The molecule has 1 aliphatic carbocycles. The van der Waals surface area contributed by atoms with Gasteiger partial charge in [-0.2, -0.15) is 0 Å². The van der Waals surface area contributed by atoms with Crippen LogP contribution in [0.25, 0.3) is 0 Å². The van der Waals surface area contributed by atoms with Crippen LogP contribution in [0, 0.1) is 11.8 Å². The van der Waals surface area contributed by atoms with Gasteiger partial charge in [-0.3, -0.25) is 4.79 Å². The van der Waals surface area contributed by atoms with Gasteiger partial charge in [0.05, 0.1) is 12.0 Å². The molecule has 0 bridgehead atoms. The van der Waals surface area contributed by atoms with Gasteiger partial charge in [-0.05, 0) is 61.8 Å². The van der Waals surface area contributed by atoms with Crippen molar-refractivity contribution < 1.29 is 4.79 Å². The standard InChI is InChI=1S/C18H26N2O/c1-12-10-19-11-17(12)18(21)20-13(2)15-8-7-14-5-3-4-6-16(14)9-15/h7-9,12-13,17,19H,3-6,10-11H2,1-2H3,(H,20,21)/t12-,13?,17-/m1/s1. The molecule has 3 heteroatoms. The van der Waals surface area contributed by atoms with Crippen LogP contribution in [-0.2, 0) is 17.6 Å². The quantitative estimate of drug-likeness (QED) is 0.897. The monoisotopic (exact) mass is 286 g/mol. The van der Waals surface area contributed by atoms with Crippen LogP contribution in [0.2, 0.25) is 0 Å². The smallest absolute Gasteiger partial charge is 0.225 e. The average molecular weight is 286 g/mol. The first kappa shape index (κ1) is 14.6. The van der Waals surface area contributed by atoms with Crippen molar-refractivity contribution >= 4 is 5.91 Å². The van der Waals surface area contributed by atoms with E-state index in [0.29, 0.717) is 5.92 Å². The van der Waals surface area contributed by atoms with Crippen LogP contribution >= 0.6 is 0 Å². The summed E-state index contributed by atoms with van der Waals surface area (Å²) in [4.78, 5) is 12.4. The summed E-state index contributed by atoms with van der Waals surface area (Å²) in [6.07, 6.45) is 5.00. The van der Waals surface area contributed by atoms with Gasteiger partial charge in [0.15, 0.2) is 0 Å². The summed E-state index contributed by atoms with van der Waals surface area (Å²) in [5, 5.41) is 6.49. The first-order valence-corrected chi connectivity index (χ1v) is 8.28. The van der Waals surface area contributed by atoms with E-state index in [1.54, 1.807) is 0 Å². The summed E-state index contributed by atoms with van der Waals surface area (Å²) in [6, 6.07) is 6.84. The van der Waals surface area contributed by atoms with E-state index in [1.165, 1.54) is 42.4 Å². The Morgan fingerprint density at radius 1 is 1.24 bits per heavy atom. The zero-order chi connectivity index (χ0) is 14.8. The molecule has 1 aliphatic heterocycles. The van der Waals surface area contributed by atoms with Gasteiger partial charge in [0.1, 0.15) is 0 Å². The number of hydrogen-bond donors (Lipinski definition) is 2. The summed E-state index contributed by atoms with van der Waals surface area (Å²) in [5.74, 6) is 0.739. The third kappa shape index (κ3) is 3.13. The average Bonchev–Trinajstić information content (AvgIpc) is 2.93. The largest absolute Gasteiger partial charge is 0.349 e. The first-order chi connectivity index (χ1) is 10.1. The van der Waals surface area contributed by atoms with E-state index >= 15 is 0 Å². The molecule has 2 aliphatic rings. The van der Waals surface area contributed by atoms with Crippen molar-refractivity contribution in [3.63, 3.8) is 0 Å². The highest BCUT2D eigenvalue weighted by Gasteiger charge is 2.30. The Hall–Kier alpha value is -1.35. The van der Waals surface area contributed by atoms with Gasteiger partial charge in [0.2, 0.25) is 5.91 Å². The minimum atomic E-state index is 0.0949. The van der Waals surface area contributed by atoms with E-state index < -0.39 is 0 Å². The number of hydrogen-bond acceptors (Lipinski definition) is 2. The Balaban J connectivity index is 1.67. The normalized spacial score (nSPS) is 26.2. The van der Waals surface area contributed by atoms with E-state index in [1.807, 2.05) is 0 Å². The molecule has 1 fully saturated rings. The molecule has 1 aromatic carbocycles. The van der Waals surface area contributed by atoms with Crippen LogP contribution in [0.5, 0.6) is 0 Å². The first-order valence-electron chi connectivity index (χ1n) is 8.28. The van der Waals surface area contributed by atoms with Crippen molar-refractivity contribution in [2.75, 3.05) is 13.1 Å². The van der Waals surface area contributed by atoms with E-state index in [9.17, 15) is 4.79 Å². The molecule has 3 atom stereocenters. The molecule has 1 heterocycles. The number of carbonyl (C=O) groups excluding carboxylic acids is 1. The highest BCUT2D eigenvalue weighted by atomic mass is 16.2. The molecule has 0 radical (unpaired) electrons. The lowest BCUT2D eigenvalue weighted by molar-refractivity contribution is -0.126. The summed E-state index contributed by atoms with van der Waals surface area (Å²) in [5.41, 5.74) is 4.22. The zero-order valence-corrected chi connectivity index (χ0v) is 13.1. The number of benzene rings is 1. The van der Waals surface area contributed by atoms with Crippen molar-refractivity contribution in [3.8, 4) is 0 Å². The topological polar surface area (TPSA) is 41.1 Å². The number of aryl methyl sites for hydroxylation is 2. The predicted molar refractivity (Wildman–Crippen MR) is 85.2 cm³/mol. The number of nitrogens with one attached hydrogen (secondary N) is 2. The van der Waals surface area contributed by atoms with Crippen molar-refractivity contribution in [3.05, 3.63) is 34.9 Å². The highest BCUT2D eigenvalue weighted by molar-refractivity contribution is 5.80. The second-order valence-electron chi connectivity index (χ2n) is 6.71. The SMILES string of the molecule is CC(NC(=O)[C@@H]1CNC[C@H]1C)c1ccc2c(c1)CCCC2. The van der Waals surface area contributed by atoms with Gasteiger partial charge in [-0.1, -0.05) is 25.1 Å². The number of rotatable bonds is 3. The van der Waals surface area contributed by atoms with Gasteiger partial charge >= 0.3 is 0 Å². The van der Waals surface area contributed by atoms with Crippen molar-refractivity contribution in [2.45, 2.75) is 45.6 Å². The Morgan fingerprint density at radius 2 is 2.00 bits per heavy atom. The minimum absolute atomic E-state index is 0.0949. The van der Waals surface area contributed by atoms with Crippen LogP contribution < -0.4 is 10.6 Å². The van der Waals surface area contributed by atoms with Crippen LogP contribution in [-0.4, -0.2) is 19.0 Å². The van der Waals surface area contributed by atoms with Gasteiger partial charge in [0, 0.05) is 6.54 Å². The van der Waals surface area contributed by atoms with Gasteiger partial charge in [-0.15, -0.1) is 0 Å². The van der Waals surface area contributed by atoms with E-state index in [2.05, 4.69) is 42.7 Å². The maximum absolute atomic E-state index is 12.4. The lowest BCUT2D eigenvalue weighted by atomic mass is 9.89. The fourth-order valence-electron chi connectivity index (χ4n) is 3.59. The van der Waals surface area contributed by atoms with Crippen LogP contribution in [0.4, 0.5) is 0 Å². The molecule has 2 N–H and O–H groups in total. The number of carbonyl (C=O) groups is 1. The predicted octanol–water partition coefficient (Wildman–Crippen LogP) is 2.60. The molecule has 1 saturated heterocycles. The lowest BCUT2D eigenvalue weighted by Crippen LogP contribution is -2.36. The molecule has 1 amide bonds. The second-order valence-corrected chi connectivity index (χ2v) is 6.71. The van der Waals surface area contributed by atoms with Crippen LogP contribution in [0.15, 0.2) is 18.2 Å². The third-order valence-electron chi connectivity index (χ3n) is 5.09. The molecule has 114 valence electrons. The Labute approximate surface area is 127 Å². The molecule has 1 aromatic rings. The van der Waals surface area contributed by atoms with Crippen molar-refractivity contribution in [1.29, 1.82) is 0 Å². The number of fused-ring (bicyclic) bond motifs is 1. The molecule has 21 heavy (non-hydrogen) atoms. The van der Waals surface area contributed by atoms with E-state index in [0.717, 1.165) is 13.1 Å². The summed E-state index contributed by atoms with van der Waals surface area (Å²) >= 11 is 0. The minimum Gasteiger partial charge on any atom is -0.349 e. The van der Waals surface area contributed by atoms with E-state index in [4.69, 9.17) is 0 Å². The fourth-order valence-corrected chi connectivity index (χ4v) is 3.59.